The Kier molecular flexibility index (Phi) is 4.42. The summed E-state index contributed by atoms with van der Waals surface area (Å²) in [4.78, 5) is 38.5. The number of amides is 3. The Morgan fingerprint density at radius 3 is 2.46 bits per heavy atom. The van der Waals surface area contributed by atoms with Crippen molar-refractivity contribution < 1.29 is 19.5 Å². The molecule has 0 unspecified atom stereocenters. The maximum atomic E-state index is 12.4. The first-order valence-electron chi connectivity index (χ1n) is 9.49. The molecule has 2 N–H and O–H groups in total. The average Bonchev–Trinajstić information content (AvgIpc) is 3.14. The SMILES string of the molecule is O=C(CCN1C(=O)[C@H]2CCCC[C@H]2C1=O)N[C@@H]1Cc2cccc(O)c2C1. The second-order valence-corrected chi connectivity index (χ2v) is 7.66. The predicted octanol–water partition coefficient (Wildman–Crippen LogP) is 1.54. The molecule has 0 radical (unpaired) electrons. The van der Waals surface area contributed by atoms with E-state index in [2.05, 4.69) is 5.32 Å². The molecule has 1 aliphatic heterocycles. The zero-order valence-electron chi connectivity index (χ0n) is 14.7. The molecule has 3 atom stereocenters. The Balaban J connectivity index is 1.30. The fourth-order valence-corrected chi connectivity index (χ4v) is 4.70. The van der Waals surface area contributed by atoms with E-state index in [0.717, 1.165) is 36.8 Å². The van der Waals surface area contributed by atoms with Crippen LogP contribution in [0.15, 0.2) is 18.2 Å². The topological polar surface area (TPSA) is 86.7 Å². The third-order valence-corrected chi connectivity index (χ3v) is 6.03. The molecular weight excluding hydrogens is 332 g/mol. The number of hydrogen-bond donors (Lipinski definition) is 2. The second-order valence-electron chi connectivity index (χ2n) is 7.66. The van der Waals surface area contributed by atoms with Gasteiger partial charge < -0.3 is 10.4 Å². The summed E-state index contributed by atoms with van der Waals surface area (Å²) < 4.78 is 0. The van der Waals surface area contributed by atoms with Crippen LogP contribution in [0.25, 0.3) is 0 Å². The van der Waals surface area contributed by atoms with Crippen LogP contribution in [0.2, 0.25) is 0 Å². The maximum absolute atomic E-state index is 12.4. The summed E-state index contributed by atoms with van der Waals surface area (Å²) in [7, 11) is 0. The van der Waals surface area contributed by atoms with Crippen molar-refractivity contribution in [2.45, 2.75) is 51.0 Å². The van der Waals surface area contributed by atoms with Gasteiger partial charge in [0.05, 0.1) is 11.8 Å². The number of imide groups is 1. The molecule has 3 aliphatic rings. The number of carbonyl (C=O) groups excluding carboxylic acids is 3. The largest absolute Gasteiger partial charge is 0.508 e. The zero-order valence-corrected chi connectivity index (χ0v) is 14.7. The Morgan fingerprint density at radius 2 is 1.81 bits per heavy atom. The summed E-state index contributed by atoms with van der Waals surface area (Å²) >= 11 is 0. The fourth-order valence-electron chi connectivity index (χ4n) is 4.70. The van der Waals surface area contributed by atoms with Gasteiger partial charge in [0.25, 0.3) is 0 Å². The third-order valence-electron chi connectivity index (χ3n) is 6.03. The Hall–Kier alpha value is -2.37. The number of benzene rings is 1. The summed E-state index contributed by atoms with van der Waals surface area (Å²) in [5.41, 5.74) is 1.95. The van der Waals surface area contributed by atoms with Crippen LogP contribution in [0.4, 0.5) is 0 Å². The summed E-state index contributed by atoms with van der Waals surface area (Å²) in [6, 6.07) is 5.39. The first kappa shape index (κ1) is 17.1. The van der Waals surface area contributed by atoms with Crippen LogP contribution in [0.5, 0.6) is 5.75 Å². The number of rotatable bonds is 4. The molecule has 6 heteroatoms. The third kappa shape index (κ3) is 2.97. The normalized spacial score (nSPS) is 27.4. The first-order chi connectivity index (χ1) is 12.5. The molecule has 2 fully saturated rings. The molecule has 26 heavy (non-hydrogen) atoms. The van der Waals surface area contributed by atoms with E-state index >= 15 is 0 Å². The quantitative estimate of drug-likeness (QED) is 0.801. The minimum absolute atomic E-state index is 0.0432. The highest BCUT2D eigenvalue weighted by Crippen LogP contribution is 2.38. The van der Waals surface area contributed by atoms with E-state index in [9.17, 15) is 19.5 Å². The molecule has 0 bridgehead atoms. The van der Waals surface area contributed by atoms with Gasteiger partial charge in [-0.05, 0) is 42.9 Å². The van der Waals surface area contributed by atoms with Gasteiger partial charge in [0.2, 0.25) is 17.7 Å². The number of nitrogens with one attached hydrogen (secondary N) is 1. The van der Waals surface area contributed by atoms with E-state index in [0.29, 0.717) is 12.8 Å². The molecule has 1 saturated heterocycles. The van der Waals surface area contributed by atoms with Gasteiger partial charge in [0, 0.05) is 19.0 Å². The van der Waals surface area contributed by atoms with Crippen molar-refractivity contribution in [1.29, 1.82) is 0 Å². The molecule has 3 amide bonds. The molecule has 138 valence electrons. The number of phenolic OH excluding ortho intramolecular Hbond substituents is 1. The van der Waals surface area contributed by atoms with Gasteiger partial charge in [0.15, 0.2) is 0 Å². The molecule has 6 nitrogen and oxygen atoms in total. The second kappa shape index (κ2) is 6.74. The van der Waals surface area contributed by atoms with Crippen molar-refractivity contribution in [1.82, 2.24) is 10.2 Å². The molecule has 2 aliphatic carbocycles. The van der Waals surface area contributed by atoms with Crippen LogP contribution >= 0.6 is 0 Å². The van der Waals surface area contributed by atoms with Gasteiger partial charge in [-0.1, -0.05) is 25.0 Å². The van der Waals surface area contributed by atoms with Crippen molar-refractivity contribution in [2.24, 2.45) is 11.8 Å². The smallest absolute Gasteiger partial charge is 0.233 e. The lowest BCUT2D eigenvalue weighted by Crippen LogP contribution is -2.39. The Labute approximate surface area is 152 Å². The van der Waals surface area contributed by atoms with E-state index in [-0.39, 0.29) is 54.3 Å². The molecule has 1 heterocycles. The van der Waals surface area contributed by atoms with Crippen molar-refractivity contribution >= 4 is 17.7 Å². The maximum Gasteiger partial charge on any atom is 0.233 e. The number of phenols is 1. The number of carbonyl (C=O) groups is 3. The van der Waals surface area contributed by atoms with Crippen molar-refractivity contribution in [3.05, 3.63) is 29.3 Å². The molecule has 1 aromatic rings. The molecule has 0 aromatic heterocycles. The highest BCUT2D eigenvalue weighted by atomic mass is 16.3. The van der Waals surface area contributed by atoms with E-state index in [1.165, 1.54) is 4.90 Å². The van der Waals surface area contributed by atoms with Gasteiger partial charge in [-0.25, -0.2) is 0 Å². The minimum atomic E-state index is -0.161. The van der Waals surface area contributed by atoms with Crippen molar-refractivity contribution in [3.63, 3.8) is 0 Å². The highest BCUT2D eigenvalue weighted by Gasteiger charge is 2.47. The van der Waals surface area contributed by atoms with Crippen LogP contribution in [0.1, 0.15) is 43.2 Å². The van der Waals surface area contributed by atoms with E-state index in [1.54, 1.807) is 6.07 Å². The van der Waals surface area contributed by atoms with Gasteiger partial charge in [0.1, 0.15) is 5.75 Å². The lowest BCUT2D eigenvalue weighted by atomic mass is 9.81. The summed E-state index contributed by atoms with van der Waals surface area (Å²) in [6.07, 6.45) is 5.03. The summed E-state index contributed by atoms with van der Waals surface area (Å²) in [5.74, 6) is -0.387. The summed E-state index contributed by atoms with van der Waals surface area (Å²) in [5, 5.41) is 12.9. The monoisotopic (exact) mass is 356 g/mol. The van der Waals surface area contributed by atoms with Gasteiger partial charge in [-0.15, -0.1) is 0 Å². The van der Waals surface area contributed by atoms with E-state index in [4.69, 9.17) is 0 Å². The van der Waals surface area contributed by atoms with Crippen molar-refractivity contribution in [2.75, 3.05) is 6.54 Å². The van der Waals surface area contributed by atoms with Crippen molar-refractivity contribution in [3.8, 4) is 5.75 Å². The van der Waals surface area contributed by atoms with Crippen LogP contribution in [0, 0.1) is 11.8 Å². The number of nitrogens with zero attached hydrogens (tertiary/aromatic N) is 1. The molecule has 1 aromatic carbocycles. The number of aromatic hydroxyl groups is 1. The molecule has 4 rings (SSSR count). The first-order valence-corrected chi connectivity index (χ1v) is 9.49. The molecule has 1 saturated carbocycles. The van der Waals surface area contributed by atoms with Gasteiger partial charge in [-0.3, -0.25) is 19.3 Å². The van der Waals surface area contributed by atoms with Crippen LogP contribution in [-0.4, -0.2) is 40.3 Å². The molecular formula is C20H24N2O4. The lowest BCUT2D eigenvalue weighted by molar-refractivity contribution is -0.140. The zero-order chi connectivity index (χ0) is 18.3. The van der Waals surface area contributed by atoms with Gasteiger partial charge >= 0.3 is 0 Å². The average molecular weight is 356 g/mol. The van der Waals surface area contributed by atoms with Crippen LogP contribution in [0.3, 0.4) is 0 Å². The summed E-state index contributed by atoms with van der Waals surface area (Å²) in [6.45, 7) is 0.168. The highest BCUT2D eigenvalue weighted by molar-refractivity contribution is 6.05. The minimum Gasteiger partial charge on any atom is -0.508 e. The van der Waals surface area contributed by atoms with Crippen LogP contribution in [-0.2, 0) is 27.2 Å². The van der Waals surface area contributed by atoms with Gasteiger partial charge in [-0.2, -0.15) is 0 Å². The Morgan fingerprint density at radius 1 is 1.12 bits per heavy atom. The predicted molar refractivity (Wildman–Crippen MR) is 94.2 cm³/mol. The van der Waals surface area contributed by atoms with E-state index in [1.807, 2.05) is 12.1 Å². The fraction of sp³-hybridized carbons (Fsp3) is 0.550. The number of fused-ring (bicyclic) bond motifs is 2. The lowest BCUT2D eigenvalue weighted by Gasteiger charge is -2.19. The van der Waals surface area contributed by atoms with Crippen LogP contribution < -0.4 is 5.32 Å². The standard InChI is InChI=1S/C20H24N2O4/c23-17-7-3-4-12-10-13(11-16(12)17)21-18(24)8-9-22-19(25)14-5-1-2-6-15(14)20(22)26/h3-4,7,13-15,23H,1-2,5-6,8-11H2,(H,21,24)/t13-,14-,15+/m1/s1. The molecule has 0 spiro atoms. The Bertz CT molecular complexity index is 736. The van der Waals surface area contributed by atoms with E-state index < -0.39 is 0 Å². The number of likely N-dealkylation sites (tertiary alicyclic amines) is 1. The number of hydrogen-bond acceptors (Lipinski definition) is 4.